The van der Waals surface area contributed by atoms with Gasteiger partial charge in [0.05, 0.1) is 32.5 Å². The Morgan fingerprint density at radius 3 is 1.37 bits per heavy atom. The molecule has 0 saturated carbocycles. The number of carbonyl (C=O) groups excluding carboxylic acids is 2. The van der Waals surface area contributed by atoms with Crippen molar-refractivity contribution in [2.75, 3.05) is 13.2 Å². The molecule has 12 heteroatoms. The number of esters is 2. The molecule has 0 amide bonds. The first-order valence-corrected chi connectivity index (χ1v) is 17.4. The van der Waals surface area contributed by atoms with Crippen LogP contribution in [0.1, 0.15) is 101 Å². The first-order valence-electron chi connectivity index (χ1n) is 14.2. The summed E-state index contributed by atoms with van der Waals surface area (Å²) in [6.07, 6.45) is 2.04. The number of thioether (sulfide) groups is 4. The van der Waals surface area contributed by atoms with E-state index in [0.717, 1.165) is 25.1 Å². The molecule has 43 heavy (non-hydrogen) atoms. The molecule has 0 atom stereocenters. The number of rotatable bonds is 6. The van der Waals surface area contributed by atoms with Gasteiger partial charge in [0.1, 0.15) is 0 Å². The normalized spacial score (nSPS) is 20.5. The Balaban J connectivity index is 1.62. The molecule has 0 fully saturated rings. The van der Waals surface area contributed by atoms with Crippen LogP contribution in [-0.4, -0.2) is 44.9 Å². The summed E-state index contributed by atoms with van der Waals surface area (Å²) in [5, 5.41) is 0. The molecule has 4 aliphatic heterocycles. The van der Waals surface area contributed by atoms with Crippen molar-refractivity contribution in [1.82, 2.24) is 0 Å². The van der Waals surface area contributed by atoms with E-state index in [0.29, 0.717) is 29.2 Å². The standard InChI is InChI=1S/C31H35O8S4/c1-11-34-26(32)16-20-18(36-28(3,4)38-20)14(19-21(16)39-29(5,6)37-19)13-15-22-24(42-30(7,8)40-22)17(27(33)35-12-2)25-23(15)41-31(9,10)43-25/h13H,11-12H2,1-10H3. The van der Waals surface area contributed by atoms with Gasteiger partial charge in [-0.05, 0) is 47.1 Å². The molecule has 0 bridgehead atoms. The van der Waals surface area contributed by atoms with E-state index in [9.17, 15) is 9.59 Å². The van der Waals surface area contributed by atoms with Crippen molar-refractivity contribution < 1.29 is 38.0 Å². The van der Waals surface area contributed by atoms with Crippen molar-refractivity contribution in [3.63, 3.8) is 0 Å². The van der Waals surface area contributed by atoms with E-state index in [1.54, 1.807) is 81.7 Å². The lowest BCUT2D eigenvalue weighted by atomic mass is 9.98. The van der Waals surface area contributed by atoms with Crippen LogP contribution in [-0.2, 0) is 9.47 Å². The van der Waals surface area contributed by atoms with Gasteiger partial charge in [-0.25, -0.2) is 9.59 Å². The van der Waals surface area contributed by atoms with Crippen LogP contribution in [0.25, 0.3) is 0 Å². The van der Waals surface area contributed by atoms with Gasteiger partial charge in [0.2, 0.25) is 11.6 Å². The maximum absolute atomic E-state index is 13.5. The van der Waals surface area contributed by atoms with E-state index in [4.69, 9.17) is 28.4 Å². The highest BCUT2D eigenvalue weighted by Crippen LogP contribution is 2.67. The van der Waals surface area contributed by atoms with E-state index >= 15 is 0 Å². The first kappa shape index (κ1) is 31.0. The van der Waals surface area contributed by atoms with Crippen LogP contribution in [0.5, 0.6) is 23.0 Å². The molecule has 6 rings (SSSR count). The molecule has 0 N–H and O–H groups in total. The zero-order valence-corrected chi connectivity index (χ0v) is 29.2. The van der Waals surface area contributed by atoms with Gasteiger partial charge in [-0.15, -0.1) is 47.0 Å². The fraction of sp³-hybridized carbons (Fsp3) is 0.516. The third-order valence-corrected chi connectivity index (χ3v) is 12.4. The van der Waals surface area contributed by atoms with E-state index in [-0.39, 0.29) is 37.8 Å². The number of hydrogen-bond donors (Lipinski definition) is 0. The van der Waals surface area contributed by atoms with Crippen molar-refractivity contribution in [2.45, 2.75) is 109 Å². The topological polar surface area (TPSA) is 89.5 Å². The highest BCUT2D eigenvalue weighted by molar-refractivity contribution is 8.21. The average Bonchev–Trinajstić information content (AvgIpc) is 3.56. The van der Waals surface area contributed by atoms with E-state index in [2.05, 4.69) is 27.7 Å². The lowest BCUT2D eigenvalue weighted by Gasteiger charge is -2.20. The van der Waals surface area contributed by atoms with Crippen LogP contribution in [0.3, 0.4) is 0 Å². The van der Waals surface area contributed by atoms with Crippen LogP contribution in [0.15, 0.2) is 19.6 Å². The fourth-order valence-electron chi connectivity index (χ4n) is 5.38. The highest BCUT2D eigenvalue weighted by atomic mass is 32.2. The number of benzene rings is 2. The van der Waals surface area contributed by atoms with E-state index in [1.807, 2.05) is 13.3 Å². The zero-order chi connectivity index (χ0) is 31.3. The van der Waals surface area contributed by atoms with Crippen LogP contribution in [0.2, 0.25) is 0 Å². The Labute approximate surface area is 269 Å². The summed E-state index contributed by atoms with van der Waals surface area (Å²) in [6.45, 7) is 19.8. The SMILES string of the molecule is CCOC(=O)c1c2c(c([CH]c3c4c(c(C(=O)OCC)c5c3SC(C)(C)S5)SC(C)(C)S4)c3c1OC(C)(C)O3)OC(C)(C)O2. The Bertz CT molecular complexity index is 1370. The Kier molecular flexibility index (Phi) is 7.39. The summed E-state index contributed by atoms with van der Waals surface area (Å²) in [5.74, 6) is -1.69. The van der Waals surface area contributed by atoms with Crippen molar-refractivity contribution in [3.05, 3.63) is 28.7 Å². The van der Waals surface area contributed by atoms with Crippen molar-refractivity contribution >= 4 is 59.0 Å². The number of ether oxygens (including phenoxy) is 6. The second-order valence-corrected chi connectivity index (χ2v) is 19.3. The van der Waals surface area contributed by atoms with Crippen molar-refractivity contribution in [3.8, 4) is 23.0 Å². The summed E-state index contributed by atoms with van der Waals surface area (Å²) in [7, 11) is 0. The molecular weight excluding hydrogens is 629 g/mol. The minimum absolute atomic E-state index is 0.144. The van der Waals surface area contributed by atoms with E-state index < -0.39 is 17.5 Å². The third-order valence-electron chi connectivity index (χ3n) is 6.74. The molecule has 4 aliphatic rings. The second-order valence-electron chi connectivity index (χ2n) is 12.2. The fourth-order valence-corrected chi connectivity index (χ4v) is 11.2. The smallest absolute Gasteiger partial charge is 0.346 e. The van der Waals surface area contributed by atoms with Crippen LogP contribution < -0.4 is 18.9 Å². The summed E-state index contributed by atoms with van der Waals surface area (Å²) >= 11 is 6.79. The molecule has 0 spiro atoms. The van der Waals surface area contributed by atoms with Gasteiger partial charge in [0.25, 0.3) is 0 Å². The molecule has 8 nitrogen and oxygen atoms in total. The van der Waals surface area contributed by atoms with Gasteiger partial charge < -0.3 is 28.4 Å². The lowest BCUT2D eigenvalue weighted by Crippen LogP contribution is -2.31. The largest absolute Gasteiger partial charge is 0.462 e. The molecule has 4 heterocycles. The molecule has 0 aromatic heterocycles. The van der Waals surface area contributed by atoms with Gasteiger partial charge in [0.15, 0.2) is 28.6 Å². The monoisotopic (exact) mass is 663 g/mol. The minimum Gasteiger partial charge on any atom is -0.462 e. The molecule has 0 aliphatic carbocycles. The average molecular weight is 664 g/mol. The highest BCUT2D eigenvalue weighted by Gasteiger charge is 2.49. The van der Waals surface area contributed by atoms with Crippen molar-refractivity contribution in [1.29, 1.82) is 0 Å². The second kappa shape index (κ2) is 10.3. The van der Waals surface area contributed by atoms with Crippen LogP contribution >= 0.6 is 47.0 Å². The number of fused-ring (bicyclic) bond motifs is 4. The summed E-state index contributed by atoms with van der Waals surface area (Å²) in [6, 6.07) is 0. The summed E-state index contributed by atoms with van der Waals surface area (Å²) in [4.78, 5) is 30.6. The zero-order valence-electron chi connectivity index (χ0n) is 25.9. The molecular formula is C31H35O8S4. The van der Waals surface area contributed by atoms with Gasteiger partial charge in [-0.1, -0.05) is 0 Å². The maximum Gasteiger partial charge on any atom is 0.346 e. The van der Waals surface area contributed by atoms with Gasteiger partial charge in [0, 0.05) is 53.7 Å². The van der Waals surface area contributed by atoms with Crippen molar-refractivity contribution in [2.24, 2.45) is 0 Å². The first-order chi connectivity index (χ1) is 20.0. The minimum atomic E-state index is -1.05. The summed E-state index contributed by atoms with van der Waals surface area (Å²) < 4.78 is 35.8. The van der Waals surface area contributed by atoms with Gasteiger partial charge in [-0.2, -0.15) is 0 Å². The van der Waals surface area contributed by atoms with Gasteiger partial charge in [-0.3, -0.25) is 0 Å². The maximum atomic E-state index is 13.5. The van der Waals surface area contributed by atoms with Crippen LogP contribution in [0.4, 0.5) is 0 Å². The third kappa shape index (κ3) is 5.33. The number of carbonyl (C=O) groups is 2. The summed E-state index contributed by atoms with van der Waals surface area (Å²) in [5.41, 5.74) is 2.34. The molecule has 1 radical (unpaired) electrons. The predicted octanol–water partition coefficient (Wildman–Crippen LogP) is 8.52. The molecule has 231 valence electrons. The predicted molar refractivity (Wildman–Crippen MR) is 170 cm³/mol. The Hall–Kier alpha value is -2.02. The van der Waals surface area contributed by atoms with Gasteiger partial charge >= 0.3 is 11.9 Å². The Morgan fingerprint density at radius 2 is 0.953 bits per heavy atom. The lowest BCUT2D eigenvalue weighted by molar-refractivity contribution is -0.0491. The number of hydrogen-bond acceptors (Lipinski definition) is 12. The van der Waals surface area contributed by atoms with E-state index in [1.165, 1.54) is 0 Å². The molecule has 0 unspecified atom stereocenters. The van der Waals surface area contributed by atoms with Crippen LogP contribution in [0, 0.1) is 6.42 Å². The Morgan fingerprint density at radius 1 is 0.581 bits per heavy atom. The molecule has 0 saturated heterocycles. The molecule has 2 aromatic rings. The quantitative estimate of drug-likeness (QED) is 0.278. The molecule has 2 aromatic carbocycles.